The fourth-order valence-corrected chi connectivity index (χ4v) is 2.52. The third-order valence-electron chi connectivity index (χ3n) is 2.35. The number of rotatable bonds is 4. The molecule has 1 aromatic heterocycles. The van der Waals surface area contributed by atoms with Crippen molar-refractivity contribution in [3.8, 4) is 5.69 Å². The molecule has 0 saturated heterocycles. The van der Waals surface area contributed by atoms with E-state index in [0.717, 1.165) is 34.5 Å². The average molecular weight is 377 g/mol. The first-order chi connectivity index (χ1) is 9.88. The van der Waals surface area contributed by atoms with Crippen molar-refractivity contribution < 1.29 is 18.7 Å². The van der Waals surface area contributed by atoms with Crippen molar-refractivity contribution in [3.05, 3.63) is 50.9 Å². The van der Waals surface area contributed by atoms with E-state index in [0.29, 0.717) is 0 Å². The Morgan fingerprint density at radius 3 is 2.76 bits per heavy atom. The van der Waals surface area contributed by atoms with Gasteiger partial charge in [-0.15, -0.1) is 0 Å². The van der Waals surface area contributed by atoms with Crippen LogP contribution in [0.5, 0.6) is 0 Å². The molecule has 0 aliphatic rings. The second-order valence-corrected chi connectivity index (χ2v) is 5.62. The van der Waals surface area contributed by atoms with Gasteiger partial charge < -0.3 is 5.11 Å². The van der Waals surface area contributed by atoms with Gasteiger partial charge in [0.2, 0.25) is 0 Å². The molecule has 21 heavy (non-hydrogen) atoms. The highest BCUT2D eigenvalue weighted by atomic mass is 79.9. The number of hydrogen-bond acceptors (Lipinski definition) is 4. The fraction of sp³-hybridized carbons (Fsp3) is 0.0833. The summed E-state index contributed by atoms with van der Waals surface area (Å²) in [5.41, 5.74) is -0.770. The van der Waals surface area contributed by atoms with Crippen molar-refractivity contribution in [2.24, 2.45) is 0 Å². The van der Waals surface area contributed by atoms with Crippen LogP contribution < -0.4 is 5.56 Å². The predicted octanol–water partition coefficient (Wildman–Crippen LogP) is 2.45. The molecule has 0 amide bonds. The summed E-state index contributed by atoms with van der Waals surface area (Å²) in [6, 6.07) is 2.94. The molecule has 0 unspecified atom stereocenters. The lowest BCUT2D eigenvalue weighted by Gasteiger charge is -2.12. The summed E-state index contributed by atoms with van der Waals surface area (Å²) in [5.74, 6) is -2.92. The van der Waals surface area contributed by atoms with E-state index >= 15 is 0 Å². The van der Waals surface area contributed by atoms with Gasteiger partial charge in [0.15, 0.2) is 5.16 Å². The highest BCUT2D eigenvalue weighted by Crippen LogP contribution is 2.25. The van der Waals surface area contributed by atoms with Crippen LogP contribution in [0.15, 0.2) is 38.8 Å². The minimum absolute atomic E-state index is 0.0366. The molecule has 0 radical (unpaired) electrons. The van der Waals surface area contributed by atoms with Gasteiger partial charge >= 0.3 is 5.97 Å². The van der Waals surface area contributed by atoms with Crippen LogP contribution in [0.2, 0.25) is 0 Å². The highest BCUT2D eigenvalue weighted by molar-refractivity contribution is 9.10. The Bertz CT molecular complexity index is 767. The topological polar surface area (TPSA) is 72.2 Å². The number of benzene rings is 1. The molecule has 2 rings (SSSR count). The molecule has 1 N–H and O–H groups in total. The van der Waals surface area contributed by atoms with Crippen LogP contribution in [0.25, 0.3) is 5.69 Å². The minimum atomic E-state index is -1.12. The van der Waals surface area contributed by atoms with E-state index in [-0.39, 0.29) is 21.1 Å². The van der Waals surface area contributed by atoms with Gasteiger partial charge in [-0.2, -0.15) is 4.98 Å². The van der Waals surface area contributed by atoms with E-state index in [9.17, 15) is 18.4 Å². The molecule has 0 saturated carbocycles. The maximum absolute atomic E-state index is 13.9. The van der Waals surface area contributed by atoms with E-state index in [1.807, 2.05) is 0 Å². The Morgan fingerprint density at radius 1 is 1.38 bits per heavy atom. The Labute approximate surface area is 129 Å². The molecule has 0 aliphatic carbocycles. The van der Waals surface area contributed by atoms with Gasteiger partial charge in [0.25, 0.3) is 5.56 Å². The standard InChI is InChI=1S/C12H7BrF2N2O3S/c13-6-3-8(15)9(4-7(6)14)17-2-1-10(18)16-12(17)21-5-11(19)20/h1-4H,5H2,(H,19,20). The third-order valence-corrected chi connectivity index (χ3v) is 3.90. The summed E-state index contributed by atoms with van der Waals surface area (Å²) in [7, 11) is 0. The van der Waals surface area contributed by atoms with E-state index in [1.165, 1.54) is 6.20 Å². The van der Waals surface area contributed by atoms with E-state index in [4.69, 9.17) is 5.11 Å². The molecular formula is C12H7BrF2N2O3S. The van der Waals surface area contributed by atoms with Crippen molar-refractivity contribution in [1.29, 1.82) is 0 Å². The van der Waals surface area contributed by atoms with Crippen molar-refractivity contribution in [3.63, 3.8) is 0 Å². The molecule has 9 heteroatoms. The summed E-state index contributed by atoms with van der Waals surface area (Å²) in [4.78, 5) is 25.5. The first-order valence-electron chi connectivity index (χ1n) is 5.47. The molecule has 0 spiro atoms. The summed E-state index contributed by atoms with van der Waals surface area (Å²) >= 11 is 3.59. The Hall–Kier alpha value is -1.74. The van der Waals surface area contributed by atoms with Gasteiger partial charge in [0.05, 0.1) is 15.9 Å². The molecular weight excluding hydrogens is 370 g/mol. The van der Waals surface area contributed by atoms with Crippen molar-refractivity contribution >= 4 is 33.7 Å². The Morgan fingerprint density at radius 2 is 2.10 bits per heavy atom. The largest absolute Gasteiger partial charge is 0.481 e. The number of halogens is 3. The van der Waals surface area contributed by atoms with Crippen molar-refractivity contribution in [2.75, 3.05) is 5.75 Å². The fourth-order valence-electron chi connectivity index (χ4n) is 1.50. The first-order valence-corrected chi connectivity index (χ1v) is 7.25. The summed E-state index contributed by atoms with van der Waals surface area (Å²) in [6.07, 6.45) is 1.21. The smallest absolute Gasteiger partial charge is 0.313 e. The molecule has 1 aromatic carbocycles. The van der Waals surface area contributed by atoms with Crippen molar-refractivity contribution in [2.45, 2.75) is 5.16 Å². The predicted molar refractivity (Wildman–Crippen MR) is 75.8 cm³/mol. The van der Waals surface area contributed by atoms with Crippen LogP contribution in [0.3, 0.4) is 0 Å². The van der Waals surface area contributed by atoms with E-state index < -0.39 is 23.2 Å². The molecule has 1 heterocycles. The quantitative estimate of drug-likeness (QED) is 0.504. The number of thioether (sulfide) groups is 1. The highest BCUT2D eigenvalue weighted by Gasteiger charge is 2.14. The summed E-state index contributed by atoms with van der Waals surface area (Å²) < 4.78 is 28.6. The Kier molecular flexibility index (Phi) is 4.73. The maximum atomic E-state index is 13.9. The van der Waals surface area contributed by atoms with Crippen molar-refractivity contribution in [1.82, 2.24) is 9.55 Å². The monoisotopic (exact) mass is 376 g/mol. The number of carboxylic acid groups (broad SMARTS) is 1. The third kappa shape index (κ3) is 3.67. The lowest BCUT2D eigenvalue weighted by molar-refractivity contribution is -0.133. The van der Waals surface area contributed by atoms with E-state index in [2.05, 4.69) is 20.9 Å². The number of aliphatic carboxylic acids is 1. The number of hydrogen-bond donors (Lipinski definition) is 1. The number of carbonyl (C=O) groups is 1. The van der Waals surface area contributed by atoms with Gasteiger partial charge in [0, 0.05) is 18.3 Å². The number of carboxylic acids is 1. The molecule has 0 bridgehead atoms. The lowest BCUT2D eigenvalue weighted by Crippen LogP contribution is -2.14. The zero-order valence-corrected chi connectivity index (χ0v) is 12.6. The molecule has 0 atom stereocenters. The van der Waals surface area contributed by atoms with Gasteiger partial charge in [-0.25, -0.2) is 8.78 Å². The van der Waals surface area contributed by atoms with Crippen LogP contribution in [-0.2, 0) is 4.79 Å². The Balaban J connectivity index is 2.55. The van der Waals surface area contributed by atoms with Crippen LogP contribution >= 0.6 is 27.7 Å². The van der Waals surface area contributed by atoms with Crippen LogP contribution in [0.4, 0.5) is 8.78 Å². The second kappa shape index (κ2) is 6.35. The van der Waals surface area contributed by atoms with Crippen LogP contribution in [0.1, 0.15) is 0 Å². The number of nitrogens with zero attached hydrogens (tertiary/aromatic N) is 2. The molecule has 0 fully saturated rings. The average Bonchev–Trinajstić information content (AvgIpc) is 2.41. The minimum Gasteiger partial charge on any atom is -0.481 e. The maximum Gasteiger partial charge on any atom is 0.313 e. The van der Waals surface area contributed by atoms with Gasteiger partial charge in [0.1, 0.15) is 11.6 Å². The lowest BCUT2D eigenvalue weighted by atomic mass is 10.3. The van der Waals surface area contributed by atoms with Gasteiger partial charge in [-0.1, -0.05) is 11.8 Å². The molecule has 5 nitrogen and oxygen atoms in total. The SMILES string of the molecule is O=C(O)CSc1nc(=O)ccn1-c1cc(F)c(Br)cc1F. The normalized spacial score (nSPS) is 10.6. The van der Waals surface area contributed by atoms with E-state index in [1.54, 1.807) is 0 Å². The zero-order valence-electron chi connectivity index (χ0n) is 10.2. The molecule has 2 aromatic rings. The molecule has 110 valence electrons. The molecule has 0 aliphatic heterocycles. The number of aromatic nitrogens is 2. The zero-order chi connectivity index (χ0) is 15.6. The van der Waals surface area contributed by atoms with Crippen LogP contribution in [-0.4, -0.2) is 26.4 Å². The summed E-state index contributed by atoms with van der Waals surface area (Å²) in [6.45, 7) is 0. The van der Waals surface area contributed by atoms with Gasteiger partial charge in [-0.3, -0.25) is 14.2 Å². The van der Waals surface area contributed by atoms with Crippen LogP contribution in [0, 0.1) is 11.6 Å². The second-order valence-electron chi connectivity index (χ2n) is 3.82. The summed E-state index contributed by atoms with van der Waals surface area (Å²) in [5, 5.41) is 8.63. The van der Waals surface area contributed by atoms with Gasteiger partial charge in [-0.05, 0) is 22.0 Å². The first kappa shape index (κ1) is 15.6.